The van der Waals surface area contributed by atoms with Gasteiger partial charge in [-0.25, -0.2) is 19.9 Å². The van der Waals surface area contributed by atoms with Crippen molar-refractivity contribution >= 4 is 22.8 Å². The molecule has 0 saturated heterocycles. The third-order valence-electron chi connectivity index (χ3n) is 4.96. The fourth-order valence-corrected chi connectivity index (χ4v) is 3.59. The van der Waals surface area contributed by atoms with Gasteiger partial charge in [0, 0.05) is 29.5 Å². The molecule has 0 aliphatic heterocycles. The number of alkyl halides is 3. The highest BCUT2D eigenvalue weighted by atomic mass is 19.4. The summed E-state index contributed by atoms with van der Waals surface area (Å²) in [5.74, 6) is 0.0816. The first-order chi connectivity index (χ1) is 13.9. The predicted octanol–water partition coefficient (Wildman–Crippen LogP) is 2.82. The van der Waals surface area contributed by atoms with Crippen molar-refractivity contribution in [1.29, 1.82) is 0 Å². The summed E-state index contributed by atoms with van der Waals surface area (Å²) < 4.78 is 37.6. The molecule has 0 bridgehead atoms. The van der Waals surface area contributed by atoms with Crippen LogP contribution in [-0.2, 0) is 4.79 Å². The number of carbonyl (C=O) groups excluding carboxylic acids is 1. The average Bonchev–Trinajstić information content (AvgIpc) is 3.33. The molecule has 29 heavy (non-hydrogen) atoms. The Hall–Kier alpha value is -3.24. The van der Waals surface area contributed by atoms with Gasteiger partial charge in [0.25, 0.3) is 0 Å². The standard InChI is InChI=1S/C18H18F3N7O/c19-18(20,21)9-25-16(29)17(4-1-2-5-17)28-13-3-6-23-15(27-13)12-8-24-14-11(12)7-22-10-26-14/h3,6-8,10H,1-2,4-5,9H2,(H,25,29)(H,22,24,26)(H,23,27,28). The molecule has 11 heteroatoms. The van der Waals surface area contributed by atoms with Crippen LogP contribution in [0.15, 0.2) is 31.0 Å². The maximum atomic E-state index is 12.6. The first kappa shape index (κ1) is 19.1. The lowest BCUT2D eigenvalue weighted by Crippen LogP contribution is -2.52. The van der Waals surface area contributed by atoms with Crippen LogP contribution in [0.5, 0.6) is 0 Å². The van der Waals surface area contributed by atoms with E-state index in [4.69, 9.17) is 0 Å². The van der Waals surface area contributed by atoms with E-state index in [-0.39, 0.29) is 0 Å². The van der Waals surface area contributed by atoms with Crippen molar-refractivity contribution in [3.8, 4) is 11.4 Å². The molecule has 1 aliphatic carbocycles. The lowest BCUT2D eigenvalue weighted by molar-refractivity contribution is -0.141. The normalized spacial score (nSPS) is 16.1. The lowest BCUT2D eigenvalue weighted by atomic mass is 9.96. The number of fused-ring (bicyclic) bond motifs is 1. The number of aromatic nitrogens is 5. The van der Waals surface area contributed by atoms with Crippen molar-refractivity contribution in [3.63, 3.8) is 0 Å². The van der Waals surface area contributed by atoms with Crippen molar-refractivity contribution in [2.24, 2.45) is 0 Å². The Kier molecular flexibility index (Phi) is 4.81. The molecular formula is C18H18F3N7O. The van der Waals surface area contributed by atoms with Crippen LogP contribution in [0.1, 0.15) is 25.7 Å². The summed E-state index contributed by atoms with van der Waals surface area (Å²) in [5, 5.41) is 5.81. The summed E-state index contributed by atoms with van der Waals surface area (Å²) in [5.41, 5.74) is 0.196. The highest BCUT2D eigenvalue weighted by Crippen LogP contribution is 2.34. The molecule has 3 aromatic rings. The number of anilines is 1. The van der Waals surface area contributed by atoms with Gasteiger partial charge in [0.2, 0.25) is 5.91 Å². The Balaban J connectivity index is 1.59. The second-order valence-corrected chi connectivity index (χ2v) is 6.96. The summed E-state index contributed by atoms with van der Waals surface area (Å²) in [7, 11) is 0. The molecule has 0 aromatic carbocycles. The minimum Gasteiger partial charge on any atom is -0.356 e. The van der Waals surface area contributed by atoms with Gasteiger partial charge in [0.05, 0.1) is 0 Å². The largest absolute Gasteiger partial charge is 0.405 e. The van der Waals surface area contributed by atoms with E-state index < -0.39 is 24.2 Å². The van der Waals surface area contributed by atoms with Crippen LogP contribution in [0.4, 0.5) is 19.0 Å². The van der Waals surface area contributed by atoms with Gasteiger partial charge in [-0.1, -0.05) is 12.8 Å². The Morgan fingerprint density at radius 1 is 1.24 bits per heavy atom. The van der Waals surface area contributed by atoms with Crippen molar-refractivity contribution in [3.05, 3.63) is 31.0 Å². The van der Waals surface area contributed by atoms with Gasteiger partial charge < -0.3 is 15.6 Å². The molecule has 3 N–H and O–H groups in total. The molecule has 3 heterocycles. The summed E-state index contributed by atoms with van der Waals surface area (Å²) in [6.07, 6.45) is 4.17. The monoisotopic (exact) mass is 405 g/mol. The van der Waals surface area contributed by atoms with Gasteiger partial charge in [-0.05, 0) is 18.9 Å². The van der Waals surface area contributed by atoms with E-state index in [0.29, 0.717) is 35.7 Å². The number of aromatic amines is 1. The smallest absolute Gasteiger partial charge is 0.356 e. The SMILES string of the molecule is O=C(NCC(F)(F)F)C1(Nc2ccnc(-c3c[nH]c4ncncc34)n2)CCCC1. The van der Waals surface area contributed by atoms with E-state index in [0.717, 1.165) is 18.2 Å². The van der Waals surface area contributed by atoms with E-state index in [1.54, 1.807) is 18.5 Å². The van der Waals surface area contributed by atoms with E-state index >= 15 is 0 Å². The summed E-state index contributed by atoms with van der Waals surface area (Å²) in [4.78, 5) is 32.4. The van der Waals surface area contributed by atoms with E-state index in [2.05, 4.69) is 30.2 Å². The molecule has 152 valence electrons. The zero-order chi connectivity index (χ0) is 20.5. The number of nitrogens with one attached hydrogen (secondary N) is 3. The number of nitrogens with zero attached hydrogens (tertiary/aromatic N) is 4. The van der Waals surface area contributed by atoms with Crippen LogP contribution < -0.4 is 10.6 Å². The van der Waals surface area contributed by atoms with Gasteiger partial charge in [0.15, 0.2) is 5.82 Å². The zero-order valence-electron chi connectivity index (χ0n) is 15.3. The van der Waals surface area contributed by atoms with Crippen molar-refractivity contribution < 1.29 is 18.0 Å². The number of hydrogen-bond acceptors (Lipinski definition) is 6. The molecule has 0 unspecified atom stereocenters. The molecule has 3 aromatic heterocycles. The molecule has 1 fully saturated rings. The second-order valence-electron chi connectivity index (χ2n) is 6.96. The Labute approximate surface area is 163 Å². The first-order valence-corrected chi connectivity index (χ1v) is 9.10. The Bertz CT molecular complexity index is 1030. The molecule has 0 radical (unpaired) electrons. The molecule has 1 aliphatic rings. The van der Waals surface area contributed by atoms with Gasteiger partial charge >= 0.3 is 6.18 Å². The average molecular weight is 405 g/mol. The van der Waals surface area contributed by atoms with Gasteiger partial charge in [0.1, 0.15) is 29.9 Å². The fourth-order valence-electron chi connectivity index (χ4n) is 3.59. The summed E-state index contributed by atoms with van der Waals surface area (Å²) in [6, 6.07) is 1.59. The van der Waals surface area contributed by atoms with Crippen LogP contribution in [0.2, 0.25) is 0 Å². The van der Waals surface area contributed by atoms with Gasteiger partial charge in [-0.15, -0.1) is 0 Å². The van der Waals surface area contributed by atoms with E-state index in [1.165, 1.54) is 12.5 Å². The topological polar surface area (TPSA) is 108 Å². The molecule has 1 saturated carbocycles. The third kappa shape index (κ3) is 3.98. The maximum absolute atomic E-state index is 12.6. The third-order valence-corrected chi connectivity index (χ3v) is 4.96. The first-order valence-electron chi connectivity index (χ1n) is 9.10. The summed E-state index contributed by atoms with van der Waals surface area (Å²) >= 11 is 0. The molecule has 8 nitrogen and oxygen atoms in total. The quantitative estimate of drug-likeness (QED) is 0.602. The van der Waals surface area contributed by atoms with Crippen LogP contribution >= 0.6 is 0 Å². The number of H-pyrrole nitrogens is 1. The van der Waals surface area contributed by atoms with E-state index in [9.17, 15) is 18.0 Å². The van der Waals surface area contributed by atoms with Crippen molar-refractivity contribution in [2.45, 2.75) is 37.4 Å². The van der Waals surface area contributed by atoms with Crippen LogP contribution in [-0.4, -0.2) is 49.1 Å². The number of carbonyl (C=O) groups is 1. The van der Waals surface area contributed by atoms with E-state index in [1.807, 2.05) is 5.32 Å². The molecule has 0 spiro atoms. The molecule has 0 atom stereocenters. The highest BCUT2D eigenvalue weighted by Gasteiger charge is 2.42. The van der Waals surface area contributed by atoms with Crippen molar-refractivity contribution in [1.82, 2.24) is 30.2 Å². The molecular weight excluding hydrogens is 387 g/mol. The Morgan fingerprint density at radius 2 is 2.03 bits per heavy atom. The fraction of sp³-hybridized carbons (Fsp3) is 0.389. The van der Waals surface area contributed by atoms with Crippen LogP contribution in [0.25, 0.3) is 22.4 Å². The highest BCUT2D eigenvalue weighted by molar-refractivity contribution is 5.91. The maximum Gasteiger partial charge on any atom is 0.405 e. The number of hydrogen-bond donors (Lipinski definition) is 3. The molecule has 1 amide bonds. The van der Waals surface area contributed by atoms with Gasteiger partial charge in [-0.2, -0.15) is 13.2 Å². The zero-order valence-corrected chi connectivity index (χ0v) is 15.3. The Morgan fingerprint density at radius 3 is 2.79 bits per heavy atom. The molecule has 4 rings (SSSR count). The van der Waals surface area contributed by atoms with Crippen LogP contribution in [0.3, 0.4) is 0 Å². The summed E-state index contributed by atoms with van der Waals surface area (Å²) in [6.45, 7) is -1.36. The van der Waals surface area contributed by atoms with Gasteiger partial charge in [-0.3, -0.25) is 4.79 Å². The van der Waals surface area contributed by atoms with Crippen molar-refractivity contribution in [2.75, 3.05) is 11.9 Å². The number of halogens is 3. The van der Waals surface area contributed by atoms with Crippen LogP contribution in [0, 0.1) is 0 Å². The second kappa shape index (κ2) is 7.30. The predicted molar refractivity (Wildman–Crippen MR) is 98.8 cm³/mol. The lowest BCUT2D eigenvalue weighted by Gasteiger charge is -2.29. The minimum absolute atomic E-state index is 0.366. The minimum atomic E-state index is -4.46. The number of rotatable bonds is 5. The number of amides is 1.